The fourth-order valence-corrected chi connectivity index (χ4v) is 8.59. The van der Waals surface area contributed by atoms with Gasteiger partial charge in [0, 0.05) is 67.6 Å². The van der Waals surface area contributed by atoms with Crippen molar-refractivity contribution in [3.63, 3.8) is 0 Å². The Hall–Kier alpha value is -7.89. The zero-order valence-corrected chi connectivity index (χ0v) is 31.6. The monoisotopic (exact) mass is 743 g/mol. The first-order valence-corrected chi connectivity index (χ1v) is 19.6. The highest BCUT2D eigenvalue weighted by Gasteiger charge is 2.20. The van der Waals surface area contributed by atoms with E-state index in [-0.39, 0.29) is 0 Å². The summed E-state index contributed by atoms with van der Waals surface area (Å²) in [6.07, 6.45) is 1.86. The van der Waals surface area contributed by atoms with Crippen molar-refractivity contribution in [2.75, 3.05) is 9.80 Å². The minimum absolute atomic E-state index is 0.910. The van der Waals surface area contributed by atoms with E-state index in [1.807, 2.05) is 18.3 Å². The van der Waals surface area contributed by atoms with E-state index in [1.165, 1.54) is 27.1 Å². The molecule has 3 heterocycles. The molecule has 0 atom stereocenters. The molecule has 3 aromatic heterocycles. The molecule has 0 fully saturated rings. The zero-order valence-electron chi connectivity index (χ0n) is 31.6. The van der Waals surface area contributed by atoms with Gasteiger partial charge in [-0.3, -0.25) is 4.57 Å². The van der Waals surface area contributed by atoms with Crippen LogP contribution in [0.3, 0.4) is 0 Å². The van der Waals surface area contributed by atoms with Gasteiger partial charge in [-0.25, -0.2) is 4.98 Å². The molecule has 0 radical (unpaired) electrons. The normalized spacial score (nSPS) is 11.4. The smallest absolute Gasteiger partial charge is 0.137 e. The van der Waals surface area contributed by atoms with Gasteiger partial charge in [0.1, 0.15) is 5.82 Å². The number of rotatable bonds is 8. The van der Waals surface area contributed by atoms with E-state index in [0.29, 0.717) is 0 Å². The van der Waals surface area contributed by atoms with Crippen molar-refractivity contribution in [1.82, 2.24) is 14.1 Å². The summed E-state index contributed by atoms with van der Waals surface area (Å²) >= 11 is 0. The zero-order chi connectivity index (χ0) is 38.4. The first kappa shape index (κ1) is 33.4. The molecule has 0 bridgehead atoms. The lowest BCUT2D eigenvalue weighted by Crippen LogP contribution is -2.12. The van der Waals surface area contributed by atoms with E-state index >= 15 is 0 Å². The third-order valence-electron chi connectivity index (χ3n) is 11.1. The molecule has 0 aliphatic heterocycles. The van der Waals surface area contributed by atoms with Crippen LogP contribution in [-0.2, 0) is 0 Å². The van der Waals surface area contributed by atoms with Crippen molar-refractivity contribution >= 4 is 77.7 Å². The van der Waals surface area contributed by atoms with Crippen molar-refractivity contribution in [1.29, 1.82) is 0 Å². The topological polar surface area (TPSA) is 29.2 Å². The van der Waals surface area contributed by atoms with Crippen LogP contribution in [0.25, 0.3) is 55.1 Å². The highest BCUT2D eigenvalue weighted by Crippen LogP contribution is 2.42. The quantitative estimate of drug-likeness (QED) is 0.155. The average molecular weight is 744 g/mol. The molecule has 0 amide bonds. The van der Waals surface area contributed by atoms with Crippen molar-refractivity contribution in [3.8, 4) is 11.5 Å². The van der Waals surface area contributed by atoms with Crippen LogP contribution < -0.4 is 9.80 Å². The fraction of sp³-hybridized carbons (Fsp3) is 0. The largest absolute Gasteiger partial charge is 0.311 e. The summed E-state index contributed by atoms with van der Waals surface area (Å²) in [4.78, 5) is 9.38. The molecule has 5 nitrogen and oxygen atoms in total. The first-order valence-electron chi connectivity index (χ1n) is 19.6. The minimum Gasteiger partial charge on any atom is -0.311 e. The molecule has 8 aromatic carbocycles. The molecule has 0 unspecified atom stereocenters. The molecule has 11 aromatic rings. The molecule has 0 N–H and O–H groups in total. The van der Waals surface area contributed by atoms with E-state index < -0.39 is 0 Å². The predicted molar refractivity (Wildman–Crippen MR) is 242 cm³/mol. The highest BCUT2D eigenvalue weighted by molar-refractivity contribution is 6.13. The van der Waals surface area contributed by atoms with Crippen LogP contribution >= 0.6 is 0 Å². The van der Waals surface area contributed by atoms with Crippen LogP contribution in [0.1, 0.15) is 0 Å². The van der Waals surface area contributed by atoms with Crippen LogP contribution in [-0.4, -0.2) is 14.1 Å². The van der Waals surface area contributed by atoms with Gasteiger partial charge in [0.2, 0.25) is 0 Å². The number of hydrogen-bond donors (Lipinski definition) is 0. The lowest BCUT2D eigenvalue weighted by Gasteiger charge is -2.28. The number of aromatic nitrogens is 3. The van der Waals surface area contributed by atoms with Gasteiger partial charge in [0.05, 0.1) is 22.1 Å². The second-order valence-corrected chi connectivity index (χ2v) is 14.5. The Balaban J connectivity index is 1.05. The Bertz CT molecular complexity index is 3170. The molecular formula is C53H37N5. The van der Waals surface area contributed by atoms with Gasteiger partial charge >= 0.3 is 0 Å². The number of pyridine rings is 1. The second-order valence-electron chi connectivity index (χ2n) is 14.5. The third kappa shape index (κ3) is 5.60. The lowest BCUT2D eigenvalue weighted by molar-refractivity contribution is 1.08. The van der Waals surface area contributed by atoms with Gasteiger partial charge in [-0.05, 0) is 121 Å². The Morgan fingerprint density at radius 2 is 0.707 bits per heavy atom. The van der Waals surface area contributed by atoms with E-state index in [9.17, 15) is 0 Å². The standard InChI is InChI=1S/C53H37N5/c1-4-16-38(17-5-1)55(39-18-6-2-7-19-39)41-27-29-42(30-28-41)56(40-20-8-3-9-21-40)43-31-33-51-47(36-43)45-22-10-12-24-49(45)57(51)44-32-34-52-48(37-44)46-23-11-13-25-50(46)58(52)53-26-14-15-35-54-53/h1-37H. The third-order valence-corrected chi connectivity index (χ3v) is 11.1. The highest BCUT2D eigenvalue weighted by atomic mass is 15.2. The van der Waals surface area contributed by atoms with E-state index in [1.54, 1.807) is 0 Å². The lowest BCUT2D eigenvalue weighted by atomic mass is 10.1. The van der Waals surface area contributed by atoms with Crippen molar-refractivity contribution in [3.05, 3.63) is 225 Å². The van der Waals surface area contributed by atoms with Gasteiger partial charge in [-0.15, -0.1) is 0 Å². The number of anilines is 6. The average Bonchev–Trinajstić information content (AvgIpc) is 3.81. The summed E-state index contributed by atoms with van der Waals surface area (Å²) in [7, 11) is 0. The molecule has 0 aliphatic rings. The Morgan fingerprint density at radius 1 is 0.293 bits per heavy atom. The molecule has 0 saturated carbocycles. The summed E-state index contributed by atoms with van der Waals surface area (Å²) in [5.74, 6) is 0.910. The maximum Gasteiger partial charge on any atom is 0.137 e. The Morgan fingerprint density at radius 3 is 1.28 bits per heavy atom. The molecule has 274 valence electrons. The van der Waals surface area contributed by atoms with Gasteiger partial charge < -0.3 is 14.4 Å². The molecule has 0 spiro atoms. The summed E-state index contributed by atoms with van der Waals surface area (Å²) in [5.41, 5.74) is 12.3. The van der Waals surface area contributed by atoms with Gasteiger partial charge in [0.25, 0.3) is 0 Å². The Labute approximate surface area is 336 Å². The van der Waals surface area contributed by atoms with Crippen LogP contribution in [0.5, 0.6) is 0 Å². The molecule has 11 rings (SSSR count). The fourth-order valence-electron chi connectivity index (χ4n) is 8.59. The number of fused-ring (bicyclic) bond motifs is 6. The van der Waals surface area contributed by atoms with Gasteiger partial charge in [0.15, 0.2) is 0 Å². The van der Waals surface area contributed by atoms with E-state index in [0.717, 1.165) is 62.2 Å². The molecule has 5 heteroatoms. The number of hydrogen-bond acceptors (Lipinski definition) is 3. The van der Waals surface area contributed by atoms with Crippen molar-refractivity contribution in [2.45, 2.75) is 0 Å². The predicted octanol–water partition coefficient (Wildman–Crippen LogP) is 14.2. The summed E-state index contributed by atoms with van der Waals surface area (Å²) in [5, 5.41) is 4.80. The Kier molecular flexibility index (Phi) is 8.07. The maximum absolute atomic E-state index is 4.73. The molecule has 58 heavy (non-hydrogen) atoms. The summed E-state index contributed by atoms with van der Waals surface area (Å²) < 4.78 is 4.67. The minimum atomic E-state index is 0.910. The summed E-state index contributed by atoms with van der Waals surface area (Å²) in [6.45, 7) is 0. The van der Waals surface area contributed by atoms with Crippen molar-refractivity contribution in [2.24, 2.45) is 0 Å². The number of para-hydroxylation sites is 5. The van der Waals surface area contributed by atoms with Crippen LogP contribution in [0, 0.1) is 0 Å². The molecular weight excluding hydrogens is 707 g/mol. The van der Waals surface area contributed by atoms with Crippen LogP contribution in [0.15, 0.2) is 225 Å². The van der Waals surface area contributed by atoms with Crippen LogP contribution in [0.4, 0.5) is 34.1 Å². The number of benzene rings is 8. The van der Waals surface area contributed by atoms with Crippen LogP contribution in [0.2, 0.25) is 0 Å². The first-order chi connectivity index (χ1) is 28.8. The summed E-state index contributed by atoms with van der Waals surface area (Å²) in [6, 6.07) is 77.8. The van der Waals surface area contributed by atoms with Gasteiger partial charge in [-0.1, -0.05) is 97.1 Å². The maximum atomic E-state index is 4.73. The van der Waals surface area contributed by atoms with Crippen molar-refractivity contribution < 1.29 is 0 Å². The molecule has 0 aliphatic carbocycles. The SMILES string of the molecule is c1ccc(N(c2ccccc2)c2ccc(N(c3ccccc3)c3ccc4c(c3)c3ccccc3n4-c3ccc4c(c3)c3ccccc3n4-c3ccccn3)cc2)cc1. The second kappa shape index (κ2) is 14.0. The van der Waals surface area contributed by atoms with E-state index in [4.69, 9.17) is 4.98 Å². The van der Waals surface area contributed by atoms with Gasteiger partial charge in [-0.2, -0.15) is 0 Å². The number of nitrogens with zero attached hydrogens (tertiary/aromatic N) is 5. The van der Waals surface area contributed by atoms with E-state index in [2.05, 4.69) is 225 Å². The molecule has 0 saturated heterocycles.